The largest absolute Gasteiger partial charge is 0.478 e. The van der Waals surface area contributed by atoms with E-state index in [0.29, 0.717) is 19.0 Å². The molecule has 0 aromatic carbocycles. The summed E-state index contributed by atoms with van der Waals surface area (Å²) in [6.45, 7) is 2.98. The van der Waals surface area contributed by atoms with Gasteiger partial charge in [-0.05, 0) is 0 Å². The molecule has 0 atom stereocenters. The predicted octanol–water partition coefficient (Wildman–Crippen LogP) is 0.967. The fourth-order valence-corrected chi connectivity index (χ4v) is 1.02. The van der Waals surface area contributed by atoms with Gasteiger partial charge in [-0.25, -0.2) is 9.78 Å². The van der Waals surface area contributed by atoms with E-state index in [2.05, 4.69) is 10.3 Å². The van der Waals surface area contributed by atoms with E-state index < -0.39 is 5.97 Å². The van der Waals surface area contributed by atoms with E-state index in [4.69, 9.17) is 9.52 Å². The topological polar surface area (TPSA) is 75.4 Å². The molecule has 1 heterocycles. The van der Waals surface area contributed by atoms with Gasteiger partial charge in [-0.3, -0.25) is 0 Å². The molecule has 0 saturated heterocycles. The minimum absolute atomic E-state index is 0.482. The predicted molar refractivity (Wildman–Crippen MR) is 54.4 cm³/mol. The standard InChI is InChI=1S/C10H14N2O3/c1-2-8-6-12-9(15-8)7-11-5-3-4-10(13)14/h3-4,6,11H,2,5,7H2,1H3,(H,13,14)/b4-3+. The normalized spacial score (nSPS) is 11.0. The number of nitrogens with one attached hydrogen (secondary N) is 1. The number of carboxylic acids is 1. The van der Waals surface area contributed by atoms with Gasteiger partial charge in [-0.2, -0.15) is 0 Å². The van der Waals surface area contributed by atoms with Crippen molar-refractivity contribution in [2.24, 2.45) is 0 Å². The van der Waals surface area contributed by atoms with Crippen LogP contribution in [0.5, 0.6) is 0 Å². The van der Waals surface area contributed by atoms with E-state index >= 15 is 0 Å². The highest BCUT2D eigenvalue weighted by Crippen LogP contribution is 2.03. The molecule has 0 fully saturated rings. The van der Waals surface area contributed by atoms with Crippen molar-refractivity contribution in [2.75, 3.05) is 6.54 Å². The Bertz CT molecular complexity index is 344. The van der Waals surface area contributed by atoms with Gasteiger partial charge in [0.15, 0.2) is 0 Å². The van der Waals surface area contributed by atoms with Gasteiger partial charge in [0.05, 0.1) is 12.7 Å². The van der Waals surface area contributed by atoms with Crippen molar-refractivity contribution in [3.63, 3.8) is 0 Å². The van der Waals surface area contributed by atoms with Gasteiger partial charge in [0, 0.05) is 19.0 Å². The summed E-state index contributed by atoms with van der Waals surface area (Å²) < 4.78 is 5.35. The first-order valence-corrected chi connectivity index (χ1v) is 4.76. The number of nitrogens with zero attached hydrogens (tertiary/aromatic N) is 1. The van der Waals surface area contributed by atoms with Crippen LogP contribution >= 0.6 is 0 Å². The van der Waals surface area contributed by atoms with Crippen molar-refractivity contribution in [3.8, 4) is 0 Å². The number of carbonyl (C=O) groups is 1. The van der Waals surface area contributed by atoms with E-state index in [1.807, 2.05) is 6.92 Å². The number of aliphatic carboxylic acids is 1. The molecular weight excluding hydrogens is 196 g/mol. The second kappa shape index (κ2) is 5.98. The average molecular weight is 210 g/mol. The summed E-state index contributed by atoms with van der Waals surface area (Å²) in [7, 11) is 0. The number of aromatic nitrogens is 1. The van der Waals surface area contributed by atoms with Crippen molar-refractivity contribution >= 4 is 5.97 Å². The monoisotopic (exact) mass is 210 g/mol. The van der Waals surface area contributed by atoms with E-state index in [0.717, 1.165) is 18.3 Å². The highest BCUT2D eigenvalue weighted by Gasteiger charge is 2.00. The van der Waals surface area contributed by atoms with Crippen LogP contribution in [0.15, 0.2) is 22.8 Å². The molecule has 5 heteroatoms. The van der Waals surface area contributed by atoms with E-state index in [9.17, 15) is 4.79 Å². The molecule has 0 spiro atoms. The first-order valence-electron chi connectivity index (χ1n) is 4.76. The Morgan fingerprint density at radius 1 is 1.73 bits per heavy atom. The molecule has 0 aliphatic rings. The Hall–Kier alpha value is -1.62. The second-order valence-electron chi connectivity index (χ2n) is 2.95. The van der Waals surface area contributed by atoms with Gasteiger partial charge in [0.1, 0.15) is 5.76 Å². The number of carboxylic acid groups (broad SMARTS) is 1. The summed E-state index contributed by atoms with van der Waals surface area (Å²) in [5, 5.41) is 11.3. The van der Waals surface area contributed by atoms with Crippen LogP contribution in [0.4, 0.5) is 0 Å². The lowest BCUT2D eigenvalue weighted by Gasteiger charge is -1.95. The quantitative estimate of drug-likeness (QED) is 0.540. The summed E-state index contributed by atoms with van der Waals surface area (Å²) in [4.78, 5) is 14.2. The molecule has 0 amide bonds. The van der Waals surface area contributed by atoms with Crippen molar-refractivity contribution in [1.82, 2.24) is 10.3 Å². The zero-order valence-corrected chi connectivity index (χ0v) is 8.56. The second-order valence-corrected chi connectivity index (χ2v) is 2.95. The Balaban J connectivity index is 2.23. The van der Waals surface area contributed by atoms with Gasteiger partial charge in [0.25, 0.3) is 0 Å². The fraction of sp³-hybridized carbons (Fsp3) is 0.400. The molecule has 82 valence electrons. The number of hydrogen-bond acceptors (Lipinski definition) is 4. The molecule has 1 aromatic rings. The molecule has 0 radical (unpaired) electrons. The first-order chi connectivity index (χ1) is 7.22. The smallest absolute Gasteiger partial charge is 0.328 e. The lowest BCUT2D eigenvalue weighted by atomic mass is 10.4. The minimum atomic E-state index is -0.943. The highest BCUT2D eigenvalue weighted by atomic mass is 16.4. The minimum Gasteiger partial charge on any atom is -0.478 e. The summed E-state index contributed by atoms with van der Waals surface area (Å²) in [5.74, 6) is 0.532. The molecule has 5 nitrogen and oxygen atoms in total. The maximum Gasteiger partial charge on any atom is 0.328 e. The van der Waals surface area contributed by atoms with Crippen LogP contribution in [-0.4, -0.2) is 22.6 Å². The van der Waals surface area contributed by atoms with Gasteiger partial charge < -0.3 is 14.8 Å². The van der Waals surface area contributed by atoms with Gasteiger partial charge in [-0.1, -0.05) is 13.0 Å². The first kappa shape index (κ1) is 11.5. The molecule has 0 saturated carbocycles. The molecule has 0 aliphatic heterocycles. The molecule has 1 rings (SSSR count). The molecular formula is C10H14N2O3. The Morgan fingerprint density at radius 2 is 2.53 bits per heavy atom. The van der Waals surface area contributed by atoms with Gasteiger partial charge in [-0.15, -0.1) is 0 Å². The Morgan fingerprint density at radius 3 is 3.13 bits per heavy atom. The maximum absolute atomic E-state index is 10.1. The van der Waals surface area contributed by atoms with Crippen LogP contribution in [0.2, 0.25) is 0 Å². The maximum atomic E-state index is 10.1. The van der Waals surface area contributed by atoms with Crippen LogP contribution in [0, 0.1) is 0 Å². The third kappa shape index (κ3) is 4.42. The van der Waals surface area contributed by atoms with Crippen LogP contribution in [0.25, 0.3) is 0 Å². The number of hydrogen-bond donors (Lipinski definition) is 2. The molecule has 0 aliphatic carbocycles. The van der Waals surface area contributed by atoms with Crippen LogP contribution in [0.3, 0.4) is 0 Å². The summed E-state index contributed by atoms with van der Waals surface area (Å²) >= 11 is 0. The van der Waals surface area contributed by atoms with Crippen molar-refractivity contribution in [1.29, 1.82) is 0 Å². The van der Waals surface area contributed by atoms with Gasteiger partial charge >= 0.3 is 5.97 Å². The third-order valence-electron chi connectivity index (χ3n) is 1.75. The summed E-state index contributed by atoms with van der Waals surface area (Å²) in [6, 6.07) is 0. The Kier molecular flexibility index (Phi) is 4.56. The lowest BCUT2D eigenvalue weighted by Crippen LogP contribution is -2.13. The number of oxazole rings is 1. The molecule has 0 unspecified atom stereocenters. The Labute approximate surface area is 87.8 Å². The highest BCUT2D eigenvalue weighted by molar-refractivity contribution is 5.79. The SMILES string of the molecule is CCc1cnc(CNC/C=C/C(=O)O)o1. The average Bonchev–Trinajstić information content (AvgIpc) is 2.65. The lowest BCUT2D eigenvalue weighted by molar-refractivity contribution is -0.131. The third-order valence-corrected chi connectivity index (χ3v) is 1.75. The molecule has 1 aromatic heterocycles. The fourth-order valence-electron chi connectivity index (χ4n) is 1.02. The molecule has 2 N–H and O–H groups in total. The van der Waals surface area contributed by atoms with Crippen LogP contribution < -0.4 is 5.32 Å². The van der Waals surface area contributed by atoms with Crippen molar-refractivity contribution in [2.45, 2.75) is 19.9 Å². The summed E-state index contributed by atoms with van der Waals surface area (Å²) in [5.41, 5.74) is 0. The molecule has 0 bridgehead atoms. The number of rotatable bonds is 6. The zero-order valence-electron chi connectivity index (χ0n) is 8.56. The van der Waals surface area contributed by atoms with E-state index in [-0.39, 0.29) is 0 Å². The summed E-state index contributed by atoms with van der Waals surface area (Å²) in [6.07, 6.45) is 5.15. The van der Waals surface area contributed by atoms with Crippen LogP contribution in [-0.2, 0) is 17.8 Å². The number of aryl methyl sites for hydroxylation is 1. The van der Waals surface area contributed by atoms with Crippen molar-refractivity contribution < 1.29 is 14.3 Å². The van der Waals surface area contributed by atoms with Crippen molar-refractivity contribution in [3.05, 3.63) is 30.0 Å². The van der Waals surface area contributed by atoms with Crippen LogP contribution in [0.1, 0.15) is 18.6 Å². The van der Waals surface area contributed by atoms with E-state index in [1.165, 1.54) is 6.08 Å². The van der Waals surface area contributed by atoms with E-state index in [1.54, 1.807) is 6.20 Å². The molecule has 15 heavy (non-hydrogen) atoms. The zero-order chi connectivity index (χ0) is 11.1. The van der Waals surface area contributed by atoms with Gasteiger partial charge in [0.2, 0.25) is 5.89 Å².